The van der Waals surface area contributed by atoms with E-state index in [1.807, 2.05) is 18.2 Å². The van der Waals surface area contributed by atoms with E-state index in [-0.39, 0.29) is 16.9 Å². The average molecular weight is 432 g/mol. The molecule has 0 amide bonds. The molecule has 162 valence electrons. The molecule has 0 N–H and O–H groups in total. The van der Waals surface area contributed by atoms with E-state index in [0.717, 1.165) is 37.9 Å². The van der Waals surface area contributed by atoms with Crippen LogP contribution in [0.1, 0.15) is 38.1 Å². The Hall–Kier alpha value is -2.39. The second-order valence-corrected chi connectivity index (χ2v) is 9.24. The Morgan fingerprint density at radius 1 is 1.27 bits per heavy atom. The summed E-state index contributed by atoms with van der Waals surface area (Å²) in [6.07, 6.45) is 1.63. The Morgan fingerprint density at radius 2 is 1.93 bits per heavy atom. The van der Waals surface area contributed by atoms with Gasteiger partial charge in [-0.25, -0.2) is 4.99 Å². The van der Waals surface area contributed by atoms with Gasteiger partial charge in [0.15, 0.2) is 0 Å². The van der Waals surface area contributed by atoms with Gasteiger partial charge < -0.3 is 5.11 Å². The van der Waals surface area contributed by atoms with Gasteiger partial charge in [-0.1, -0.05) is 55.9 Å². The van der Waals surface area contributed by atoms with E-state index in [2.05, 4.69) is 34.0 Å². The molecule has 1 aliphatic rings. The Kier molecular flexibility index (Phi) is 7.14. The summed E-state index contributed by atoms with van der Waals surface area (Å²) in [7, 11) is 0. The van der Waals surface area contributed by atoms with Crippen LogP contribution in [0.2, 0.25) is 0 Å². The van der Waals surface area contributed by atoms with Crippen LogP contribution in [0.4, 0.5) is 5.88 Å². The molecule has 0 unspecified atom stereocenters. The van der Waals surface area contributed by atoms with Crippen LogP contribution in [0.25, 0.3) is 0 Å². The molecule has 0 atom stereocenters. The van der Waals surface area contributed by atoms with Crippen molar-refractivity contribution in [1.82, 2.24) is 10.2 Å². The first kappa shape index (κ1) is 22.3. The number of hydrogen-bond donors (Lipinski definition) is 0. The van der Waals surface area contributed by atoms with Crippen molar-refractivity contribution in [1.29, 1.82) is 0 Å². The molecule has 1 saturated heterocycles. The van der Waals surface area contributed by atoms with Gasteiger partial charge >= 0.3 is 5.88 Å². The third-order valence-electron chi connectivity index (χ3n) is 5.12. The first-order valence-corrected chi connectivity index (χ1v) is 11.1. The molecule has 3 rings (SSSR count). The quantitative estimate of drug-likeness (QED) is 0.374. The molecular formula is C21H29N5O3S. The number of nitrogens with zero attached hydrogens (tertiary/aromatic N) is 5. The first-order chi connectivity index (χ1) is 14.3. The molecule has 8 nitrogen and oxygen atoms in total. The minimum atomic E-state index is -0.810. The van der Waals surface area contributed by atoms with Gasteiger partial charge in [-0.3, -0.25) is 14.2 Å². The lowest BCUT2D eigenvalue weighted by molar-refractivity contribution is -0.759. The van der Waals surface area contributed by atoms with Crippen LogP contribution < -0.4 is 14.9 Å². The van der Waals surface area contributed by atoms with E-state index in [0.29, 0.717) is 17.4 Å². The SMILES string of the molecule is CC(C)N1CCN([n+]2cc(N=C([O-])C(C)(C)CSC(=O)c3ccccc3)on2)CC1. The Labute approximate surface area is 181 Å². The molecule has 1 aromatic carbocycles. The van der Waals surface area contributed by atoms with Gasteiger partial charge in [0.25, 0.3) is 6.20 Å². The van der Waals surface area contributed by atoms with Crippen LogP contribution in [0.3, 0.4) is 0 Å². The third-order valence-corrected chi connectivity index (χ3v) is 6.48. The normalized spacial score (nSPS) is 16.3. The molecule has 30 heavy (non-hydrogen) atoms. The summed E-state index contributed by atoms with van der Waals surface area (Å²) in [6, 6.07) is 9.56. The highest BCUT2D eigenvalue weighted by Gasteiger charge is 2.27. The molecule has 1 aromatic heterocycles. The van der Waals surface area contributed by atoms with Gasteiger partial charge in [0.2, 0.25) is 10.4 Å². The van der Waals surface area contributed by atoms with Crippen LogP contribution >= 0.6 is 11.8 Å². The van der Waals surface area contributed by atoms with Gasteiger partial charge in [-0.2, -0.15) is 5.01 Å². The molecule has 0 radical (unpaired) electrons. The summed E-state index contributed by atoms with van der Waals surface area (Å²) >= 11 is 1.12. The van der Waals surface area contributed by atoms with Gasteiger partial charge in [0, 0.05) is 35.9 Å². The largest absolute Gasteiger partial charge is 0.861 e. The number of aliphatic imine (C=N–C) groups is 1. The number of aromatic nitrogens is 2. The van der Waals surface area contributed by atoms with Crippen molar-refractivity contribution in [3.05, 3.63) is 42.1 Å². The fourth-order valence-corrected chi connectivity index (χ4v) is 3.98. The van der Waals surface area contributed by atoms with Gasteiger partial charge in [0.1, 0.15) is 0 Å². The highest BCUT2D eigenvalue weighted by atomic mass is 32.2. The molecule has 0 bridgehead atoms. The predicted molar refractivity (Wildman–Crippen MR) is 115 cm³/mol. The maximum atomic E-state index is 12.7. The number of carbonyl (C=O) groups excluding carboxylic acids is 1. The van der Waals surface area contributed by atoms with E-state index in [1.165, 1.54) is 0 Å². The fourth-order valence-electron chi connectivity index (χ4n) is 3.06. The van der Waals surface area contributed by atoms with Crippen molar-refractivity contribution in [3.8, 4) is 0 Å². The maximum Gasteiger partial charge on any atom is 0.324 e. The van der Waals surface area contributed by atoms with Gasteiger partial charge in [0.05, 0.1) is 17.9 Å². The summed E-state index contributed by atoms with van der Waals surface area (Å²) in [5, 5.41) is 18.7. The molecular weight excluding hydrogens is 402 g/mol. The van der Waals surface area contributed by atoms with Gasteiger partial charge in [-0.05, 0) is 19.7 Å². The first-order valence-electron chi connectivity index (χ1n) is 10.1. The predicted octanol–water partition coefficient (Wildman–Crippen LogP) is 1.61. The highest BCUT2D eigenvalue weighted by Crippen LogP contribution is 2.26. The van der Waals surface area contributed by atoms with Crippen LogP contribution in [0.15, 0.2) is 46.0 Å². The molecule has 0 aliphatic carbocycles. The second-order valence-electron chi connectivity index (χ2n) is 8.29. The van der Waals surface area contributed by atoms with Crippen molar-refractivity contribution in [2.24, 2.45) is 10.4 Å². The summed E-state index contributed by atoms with van der Waals surface area (Å²) in [4.78, 5) is 20.4. The molecule has 0 saturated carbocycles. The van der Waals surface area contributed by atoms with Crippen LogP contribution in [-0.2, 0) is 0 Å². The summed E-state index contributed by atoms with van der Waals surface area (Å²) in [5.74, 6) is 0.150. The highest BCUT2D eigenvalue weighted by molar-refractivity contribution is 8.14. The molecule has 2 heterocycles. The number of thioether (sulfide) groups is 1. The lowest BCUT2D eigenvalue weighted by Gasteiger charge is -2.32. The summed E-state index contributed by atoms with van der Waals surface area (Å²) < 4.78 is 5.25. The lowest BCUT2D eigenvalue weighted by atomic mass is 9.96. The van der Waals surface area contributed by atoms with E-state index in [4.69, 9.17) is 4.52 Å². The molecule has 1 aliphatic heterocycles. The van der Waals surface area contributed by atoms with Crippen molar-refractivity contribution >= 4 is 28.7 Å². The Balaban J connectivity index is 1.59. The number of rotatable bonds is 7. The minimum absolute atomic E-state index is 0.0606. The average Bonchev–Trinajstić information content (AvgIpc) is 3.21. The third kappa shape index (κ3) is 5.60. The molecule has 1 fully saturated rings. The maximum absolute atomic E-state index is 12.7. The number of piperazine rings is 1. The Morgan fingerprint density at radius 3 is 2.57 bits per heavy atom. The fraction of sp³-hybridized carbons (Fsp3) is 0.524. The van der Waals surface area contributed by atoms with E-state index in [1.54, 1.807) is 37.0 Å². The van der Waals surface area contributed by atoms with Crippen molar-refractivity contribution in [2.45, 2.75) is 33.7 Å². The monoisotopic (exact) mass is 431 g/mol. The van der Waals surface area contributed by atoms with Crippen LogP contribution in [0, 0.1) is 5.41 Å². The summed E-state index contributed by atoms with van der Waals surface area (Å²) in [6.45, 7) is 11.5. The zero-order chi connectivity index (χ0) is 21.7. The molecule has 9 heteroatoms. The molecule has 0 spiro atoms. The zero-order valence-corrected chi connectivity index (χ0v) is 18.8. The van der Waals surface area contributed by atoms with Crippen LogP contribution in [0.5, 0.6) is 0 Å². The smallest absolute Gasteiger partial charge is 0.324 e. The minimum Gasteiger partial charge on any atom is -0.861 e. The second kappa shape index (κ2) is 9.61. The van der Waals surface area contributed by atoms with Gasteiger partial charge in [-0.15, -0.1) is 0 Å². The lowest BCUT2D eigenvalue weighted by Crippen LogP contribution is -2.65. The van der Waals surface area contributed by atoms with E-state index in [9.17, 15) is 9.90 Å². The number of hydrogen-bond acceptors (Lipinski definition) is 8. The van der Waals surface area contributed by atoms with E-state index >= 15 is 0 Å². The number of carbonyl (C=O) groups is 1. The van der Waals surface area contributed by atoms with E-state index < -0.39 is 5.41 Å². The number of benzene rings is 1. The topological polar surface area (TPSA) is 88.9 Å². The van der Waals surface area contributed by atoms with Crippen molar-refractivity contribution in [2.75, 3.05) is 36.9 Å². The molecule has 2 aromatic rings. The van der Waals surface area contributed by atoms with Crippen LogP contribution in [-0.4, -0.2) is 59.2 Å². The standard InChI is InChI=1S/C21H29N5O3S/c1-16(2)24-10-12-25(13-11-24)26-14-18(29-23-26)22-20(28)21(3,4)15-30-19(27)17-8-6-5-7-9-17/h5-9,14,16H,10-13,15H2,1-4H3. The van der Waals surface area contributed by atoms with Crippen molar-refractivity contribution < 1.29 is 19.2 Å². The summed E-state index contributed by atoms with van der Waals surface area (Å²) in [5.41, 5.74) is -0.188. The van der Waals surface area contributed by atoms with Crippen molar-refractivity contribution in [3.63, 3.8) is 0 Å². The Bertz CT molecular complexity index is 874. The zero-order valence-electron chi connectivity index (χ0n) is 17.9.